The maximum absolute atomic E-state index is 12.3. The van der Waals surface area contributed by atoms with Gasteiger partial charge in [0.25, 0.3) is 0 Å². The van der Waals surface area contributed by atoms with Crippen molar-refractivity contribution in [3.63, 3.8) is 0 Å². The number of rotatable bonds is 3. The predicted molar refractivity (Wildman–Crippen MR) is 103 cm³/mol. The van der Waals surface area contributed by atoms with E-state index in [1.54, 1.807) is 33.2 Å². The van der Waals surface area contributed by atoms with E-state index in [-0.39, 0.29) is 23.9 Å². The lowest BCUT2D eigenvalue weighted by Gasteiger charge is -2.44. The summed E-state index contributed by atoms with van der Waals surface area (Å²) in [4.78, 5) is 29.2. The van der Waals surface area contributed by atoms with Crippen molar-refractivity contribution in [1.29, 1.82) is 0 Å². The molecule has 0 bridgehead atoms. The Morgan fingerprint density at radius 2 is 2.04 bits per heavy atom. The zero-order chi connectivity index (χ0) is 20.4. The fourth-order valence-electron chi connectivity index (χ4n) is 3.95. The molecule has 27 heavy (non-hydrogen) atoms. The molecule has 8 nitrogen and oxygen atoms in total. The predicted octanol–water partition coefficient (Wildman–Crippen LogP) is 3.05. The number of pyridine rings is 1. The SMILES string of the molecule is C[C@H]1C[C@@H](c2ccncc2N)C[C@H](NC(=O)OC(C)(C)C)[C@H]1N(C)C(=O)O. The standard InChI is InChI=1S/C19H30N4O4/c1-11-8-12(13-6-7-21-10-14(13)20)9-15(16(11)23(5)18(25)26)22-17(24)27-19(2,3)4/h6-7,10-12,15-16H,8-9,20H2,1-5H3,(H,22,24)(H,25,26)/t11-,12+,15-,16-/m0/s1. The van der Waals surface area contributed by atoms with E-state index < -0.39 is 17.8 Å². The van der Waals surface area contributed by atoms with Crippen molar-refractivity contribution >= 4 is 17.9 Å². The second-order valence-electron chi connectivity index (χ2n) is 8.29. The van der Waals surface area contributed by atoms with Gasteiger partial charge in [-0.1, -0.05) is 6.92 Å². The van der Waals surface area contributed by atoms with Crippen molar-refractivity contribution < 1.29 is 19.4 Å². The molecule has 0 radical (unpaired) electrons. The summed E-state index contributed by atoms with van der Waals surface area (Å²) >= 11 is 0. The number of hydrogen-bond donors (Lipinski definition) is 3. The highest BCUT2D eigenvalue weighted by Crippen LogP contribution is 2.40. The van der Waals surface area contributed by atoms with Crippen molar-refractivity contribution in [1.82, 2.24) is 15.2 Å². The molecule has 2 amide bonds. The fraction of sp³-hybridized carbons (Fsp3) is 0.632. The third-order valence-corrected chi connectivity index (χ3v) is 4.97. The van der Waals surface area contributed by atoms with Crippen LogP contribution in [0.2, 0.25) is 0 Å². The summed E-state index contributed by atoms with van der Waals surface area (Å²) in [5, 5.41) is 12.4. The van der Waals surface area contributed by atoms with E-state index in [0.29, 0.717) is 12.1 Å². The zero-order valence-corrected chi connectivity index (χ0v) is 16.6. The number of carbonyl (C=O) groups is 2. The topological polar surface area (TPSA) is 118 Å². The van der Waals surface area contributed by atoms with Gasteiger partial charge in [0, 0.05) is 13.2 Å². The van der Waals surface area contributed by atoms with Crippen LogP contribution in [0.4, 0.5) is 15.3 Å². The van der Waals surface area contributed by atoms with Crippen molar-refractivity contribution in [2.75, 3.05) is 12.8 Å². The number of ether oxygens (including phenoxy) is 1. The minimum Gasteiger partial charge on any atom is -0.465 e. The van der Waals surface area contributed by atoms with E-state index in [1.165, 1.54) is 11.9 Å². The Balaban J connectivity index is 2.27. The number of nitrogens with two attached hydrogens (primary N) is 1. The van der Waals surface area contributed by atoms with Crippen LogP contribution in [-0.4, -0.2) is 51.9 Å². The molecule has 4 atom stereocenters. The summed E-state index contributed by atoms with van der Waals surface area (Å²) in [6.07, 6.45) is 3.08. The maximum atomic E-state index is 12.3. The van der Waals surface area contributed by atoms with E-state index in [0.717, 1.165) is 12.0 Å². The minimum absolute atomic E-state index is 0.0253. The first-order valence-electron chi connectivity index (χ1n) is 9.14. The lowest BCUT2D eigenvalue weighted by molar-refractivity contribution is 0.0375. The summed E-state index contributed by atoms with van der Waals surface area (Å²) in [6.45, 7) is 7.36. The summed E-state index contributed by atoms with van der Waals surface area (Å²) < 4.78 is 5.38. The van der Waals surface area contributed by atoms with Gasteiger partial charge in [-0.05, 0) is 57.1 Å². The average Bonchev–Trinajstić information content (AvgIpc) is 2.52. The molecule has 1 aromatic rings. The third-order valence-electron chi connectivity index (χ3n) is 4.97. The number of amides is 2. The van der Waals surface area contributed by atoms with Crippen LogP contribution in [0.1, 0.15) is 52.0 Å². The Labute approximate surface area is 160 Å². The quantitative estimate of drug-likeness (QED) is 0.744. The first-order chi connectivity index (χ1) is 12.5. The Morgan fingerprint density at radius 1 is 1.37 bits per heavy atom. The molecule has 2 rings (SSSR count). The van der Waals surface area contributed by atoms with Gasteiger partial charge in [-0.2, -0.15) is 0 Å². The van der Waals surface area contributed by atoms with Crippen LogP contribution in [0.3, 0.4) is 0 Å². The van der Waals surface area contributed by atoms with Gasteiger partial charge in [0.2, 0.25) is 0 Å². The van der Waals surface area contributed by atoms with Crippen LogP contribution in [0.15, 0.2) is 18.5 Å². The van der Waals surface area contributed by atoms with Crippen LogP contribution < -0.4 is 11.1 Å². The monoisotopic (exact) mass is 378 g/mol. The zero-order valence-electron chi connectivity index (χ0n) is 16.6. The molecule has 1 aromatic heterocycles. The van der Waals surface area contributed by atoms with E-state index in [4.69, 9.17) is 10.5 Å². The molecule has 1 aliphatic rings. The summed E-state index contributed by atoms with van der Waals surface area (Å²) in [7, 11) is 1.54. The number of nitrogens with zero attached hydrogens (tertiary/aromatic N) is 2. The molecule has 8 heteroatoms. The number of aromatic nitrogens is 1. The highest BCUT2D eigenvalue weighted by atomic mass is 16.6. The molecule has 1 heterocycles. The van der Waals surface area contributed by atoms with Crippen LogP contribution in [0.25, 0.3) is 0 Å². The van der Waals surface area contributed by atoms with Crippen molar-refractivity contribution in [2.24, 2.45) is 5.92 Å². The minimum atomic E-state index is -1.02. The molecule has 0 aromatic carbocycles. The van der Waals surface area contributed by atoms with Crippen molar-refractivity contribution in [3.05, 3.63) is 24.0 Å². The smallest absolute Gasteiger partial charge is 0.407 e. The van der Waals surface area contributed by atoms with Gasteiger partial charge >= 0.3 is 12.2 Å². The number of carboxylic acid groups (broad SMARTS) is 1. The third kappa shape index (κ3) is 5.24. The summed E-state index contributed by atoms with van der Waals surface area (Å²) in [5.41, 5.74) is 7.04. The molecule has 0 unspecified atom stereocenters. The van der Waals surface area contributed by atoms with Gasteiger partial charge in [-0.15, -0.1) is 0 Å². The molecule has 150 valence electrons. The Kier molecular flexibility index (Phi) is 6.18. The lowest BCUT2D eigenvalue weighted by Crippen LogP contribution is -2.58. The molecular formula is C19H30N4O4. The lowest BCUT2D eigenvalue weighted by atomic mass is 9.72. The molecule has 0 spiro atoms. The summed E-state index contributed by atoms with van der Waals surface area (Å²) in [6, 6.07) is 1.15. The highest BCUT2D eigenvalue weighted by molar-refractivity contribution is 5.69. The average molecular weight is 378 g/mol. The number of carbonyl (C=O) groups excluding carboxylic acids is 1. The van der Waals surface area contributed by atoms with Gasteiger partial charge in [0.05, 0.1) is 24.0 Å². The highest BCUT2D eigenvalue weighted by Gasteiger charge is 2.41. The van der Waals surface area contributed by atoms with Gasteiger partial charge in [-0.3, -0.25) is 4.98 Å². The number of nitrogen functional groups attached to an aromatic ring is 1. The molecule has 0 aliphatic heterocycles. The normalized spacial score (nSPS) is 25.5. The van der Waals surface area contributed by atoms with E-state index in [2.05, 4.69) is 10.3 Å². The maximum Gasteiger partial charge on any atom is 0.407 e. The molecule has 4 N–H and O–H groups in total. The van der Waals surface area contributed by atoms with Crippen molar-refractivity contribution in [2.45, 2.75) is 64.1 Å². The first kappa shape index (κ1) is 20.8. The number of nitrogens with one attached hydrogen (secondary N) is 1. The Bertz CT molecular complexity index is 689. The number of alkyl carbamates (subject to hydrolysis) is 1. The number of anilines is 1. The second kappa shape index (κ2) is 8.02. The van der Waals surface area contributed by atoms with Crippen molar-refractivity contribution in [3.8, 4) is 0 Å². The Morgan fingerprint density at radius 3 is 2.59 bits per heavy atom. The van der Waals surface area contributed by atoms with Gasteiger partial charge in [-0.25, -0.2) is 9.59 Å². The molecule has 1 fully saturated rings. The van der Waals surface area contributed by atoms with Crippen LogP contribution >= 0.6 is 0 Å². The molecule has 0 saturated heterocycles. The van der Waals surface area contributed by atoms with Gasteiger partial charge < -0.3 is 25.8 Å². The Hall–Kier alpha value is -2.51. The molecular weight excluding hydrogens is 348 g/mol. The largest absolute Gasteiger partial charge is 0.465 e. The van der Waals surface area contributed by atoms with Crippen LogP contribution in [0, 0.1) is 5.92 Å². The van der Waals surface area contributed by atoms with Gasteiger partial charge in [0.1, 0.15) is 5.60 Å². The number of likely N-dealkylation sites (N-methyl/N-ethyl adjacent to an activating group) is 1. The second-order valence-corrected chi connectivity index (χ2v) is 8.29. The van der Waals surface area contributed by atoms with Crippen LogP contribution in [-0.2, 0) is 4.74 Å². The molecule has 1 saturated carbocycles. The van der Waals surface area contributed by atoms with E-state index in [1.807, 2.05) is 13.0 Å². The first-order valence-corrected chi connectivity index (χ1v) is 9.14. The number of hydrogen-bond acceptors (Lipinski definition) is 5. The summed E-state index contributed by atoms with van der Waals surface area (Å²) in [5.74, 6) is 0.124. The van der Waals surface area contributed by atoms with E-state index >= 15 is 0 Å². The van der Waals surface area contributed by atoms with Crippen LogP contribution in [0.5, 0.6) is 0 Å². The fourth-order valence-corrected chi connectivity index (χ4v) is 3.95. The van der Waals surface area contributed by atoms with Gasteiger partial charge in [0.15, 0.2) is 0 Å². The van der Waals surface area contributed by atoms with E-state index in [9.17, 15) is 14.7 Å². The molecule has 1 aliphatic carbocycles.